The molecule has 5 atom stereocenters. The van der Waals surface area contributed by atoms with Gasteiger partial charge in [0, 0.05) is 5.69 Å². The first-order valence-electron chi connectivity index (χ1n) is 9.29. The molecule has 1 amide bonds. The number of carbonyl (C=O) groups is 1. The van der Waals surface area contributed by atoms with Crippen molar-refractivity contribution >= 4 is 11.6 Å². The Balaban J connectivity index is 1.59. The summed E-state index contributed by atoms with van der Waals surface area (Å²) < 4.78 is 29.8. The summed E-state index contributed by atoms with van der Waals surface area (Å²) in [6.07, 6.45) is -3.03. The van der Waals surface area contributed by atoms with E-state index in [9.17, 15) is 4.79 Å². The molecular weight excluding hydrogens is 350 g/mol. The summed E-state index contributed by atoms with van der Waals surface area (Å²) in [6.45, 7) is 11.2. The van der Waals surface area contributed by atoms with Gasteiger partial charge in [-0.25, -0.2) is 0 Å². The van der Waals surface area contributed by atoms with Crippen LogP contribution in [0.25, 0.3) is 0 Å². The highest BCUT2D eigenvalue weighted by Crippen LogP contribution is 2.44. The predicted molar refractivity (Wildman–Crippen MR) is 97.1 cm³/mol. The average molecular weight is 377 g/mol. The van der Waals surface area contributed by atoms with Gasteiger partial charge >= 0.3 is 0 Å². The molecule has 1 N–H and O–H groups in total. The lowest BCUT2D eigenvalue weighted by atomic mass is 9.98. The molecule has 7 heteroatoms. The number of fused-ring (bicyclic) bond motifs is 3. The van der Waals surface area contributed by atoms with Crippen molar-refractivity contribution in [3.8, 4) is 0 Å². The van der Waals surface area contributed by atoms with E-state index in [1.807, 2.05) is 53.7 Å². The van der Waals surface area contributed by atoms with Gasteiger partial charge < -0.3 is 29.0 Å². The molecule has 0 aromatic heterocycles. The summed E-state index contributed by atoms with van der Waals surface area (Å²) in [5.41, 5.74) is 2.87. The van der Waals surface area contributed by atoms with Crippen molar-refractivity contribution in [2.75, 3.05) is 5.32 Å². The van der Waals surface area contributed by atoms with Crippen molar-refractivity contribution in [1.29, 1.82) is 0 Å². The maximum absolute atomic E-state index is 13.0. The molecule has 7 nitrogen and oxygen atoms in total. The lowest BCUT2D eigenvalue weighted by Gasteiger charge is -2.36. The molecule has 3 saturated heterocycles. The highest BCUT2D eigenvalue weighted by molar-refractivity contribution is 5.95. The van der Waals surface area contributed by atoms with Crippen LogP contribution in [0, 0.1) is 13.8 Å². The fourth-order valence-electron chi connectivity index (χ4n) is 4.08. The van der Waals surface area contributed by atoms with E-state index >= 15 is 0 Å². The molecule has 0 saturated carbocycles. The standard InChI is InChI=1S/C20H27NO6/c1-10-7-11(2)9-12(8-10)21-17(22)15-13-14(25-19(3,4)24-13)16-18(23-15)27-20(5,6)26-16/h7-9,13-16,18H,1-6H3,(H,21,22)/t13-,14+,15+,16+,18-/m0/s1. The maximum atomic E-state index is 13.0. The van der Waals surface area contributed by atoms with Crippen molar-refractivity contribution in [3.63, 3.8) is 0 Å². The number of aryl methyl sites for hydroxylation is 2. The zero-order valence-corrected chi connectivity index (χ0v) is 16.6. The van der Waals surface area contributed by atoms with Gasteiger partial charge in [0.25, 0.3) is 5.91 Å². The Hall–Kier alpha value is -1.51. The average Bonchev–Trinajstić information content (AvgIpc) is 2.99. The molecule has 3 aliphatic heterocycles. The molecule has 0 spiro atoms. The van der Waals surface area contributed by atoms with Gasteiger partial charge in [-0.2, -0.15) is 0 Å². The second-order valence-corrected chi connectivity index (χ2v) is 8.46. The summed E-state index contributed by atoms with van der Waals surface area (Å²) in [7, 11) is 0. The minimum Gasteiger partial charge on any atom is -0.342 e. The summed E-state index contributed by atoms with van der Waals surface area (Å²) >= 11 is 0. The molecule has 0 radical (unpaired) electrons. The summed E-state index contributed by atoms with van der Waals surface area (Å²) in [4.78, 5) is 13.0. The van der Waals surface area contributed by atoms with Crippen LogP contribution in [0.2, 0.25) is 0 Å². The van der Waals surface area contributed by atoms with Crippen molar-refractivity contribution < 1.29 is 28.5 Å². The monoisotopic (exact) mass is 377 g/mol. The van der Waals surface area contributed by atoms with Gasteiger partial charge in [-0.05, 0) is 64.8 Å². The van der Waals surface area contributed by atoms with Crippen molar-refractivity contribution in [2.45, 2.75) is 83.8 Å². The van der Waals surface area contributed by atoms with E-state index in [0.717, 1.165) is 16.8 Å². The summed E-state index contributed by atoms with van der Waals surface area (Å²) in [6, 6.07) is 5.89. The van der Waals surface area contributed by atoms with E-state index in [4.69, 9.17) is 23.7 Å². The number of ether oxygens (including phenoxy) is 5. The number of benzene rings is 1. The van der Waals surface area contributed by atoms with Crippen LogP contribution in [0.15, 0.2) is 18.2 Å². The quantitative estimate of drug-likeness (QED) is 0.854. The van der Waals surface area contributed by atoms with Crippen LogP contribution in [0.5, 0.6) is 0 Å². The lowest BCUT2D eigenvalue weighted by Crippen LogP contribution is -2.58. The van der Waals surface area contributed by atoms with Crippen molar-refractivity contribution in [2.24, 2.45) is 0 Å². The van der Waals surface area contributed by atoms with Gasteiger partial charge in [0.1, 0.15) is 18.3 Å². The normalized spacial score (nSPS) is 36.1. The lowest BCUT2D eigenvalue weighted by molar-refractivity contribution is -0.229. The van der Waals surface area contributed by atoms with Gasteiger partial charge in [-0.3, -0.25) is 4.79 Å². The Morgan fingerprint density at radius 1 is 0.852 bits per heavy atom. The van der Waals surface area contributed by atoms with Crippen LogP contribution in [-0.2, 0) is 28.5 Å². The molecule has 3 heterocycles. The maximum Gasteiger partial charge on any atom is 0.256 e. The molecule has 148 valence electrons. The second-order valence-electron chi connectivity index (χ2n) is 8.46. The van der Waals surface area contributed by atoms with Gasteiger partial charge in [-0.15, -0.1) is 0 Å². The van der Waals surface area contributed by atoms with E-state index in [-0.39, 0.29) is 5.91 Å². The third kappa shape index (κ3) is 3.62. The van der Waals surface area contributed by atoms with Crippen molar-refractivity contribution in [3.05, 3.63) is 29.3 Å². The van der Waals surface area contributed by atoms with Crippen LogP contribution in [-0.4, -0.2) is 48.2 Å². The van der Waals surface area contributed by atoms with Gasteiger partial charge in [0.05, 0.1) is 0 Å². The van der Waals surface area contributed by atoms with Gasteiger partial charge in [0.2, 0.25) is 0 Å². The molecule has 3 fully saturated rings. The third-order valence-corrected chi connectivity index (χ3v) is 4.90. The number of carbonyl (C=O) groups excluding carboxylic acids is 1. The van der Waals surface area contributed by atoms with E-state index in [1.165, 1.54) is 0 Å². The topological polar surface area (TPSA) is 75.3 Å². The zero-order chi connectivity index (χ0) is 19.6. The number of nitrogens with one attached hydrogen (secondary N) is 1. The largest absolute Gasteiger partial charge is 0.342 e. The van der Waals surface area contributed by atoms with Crippen LogP contribution in [0.3, 0.4) is 0 Å². The number of rotatable bonds is 2. The Morgan fingerprint density at radius 2 is 1.41 bits per heavy atom. The zero-order valence-electron chi connectivity index (χ0n) is 16.6. The van der Waals surface area contributed by atoms with Crippen LogP contribution in [0.1, 0.15) is 38.8 Å². The smallest absolute Gasteiger partial charge is 0.256 e. The van der Waals surface area contributed by atoms with Gasteiger partial charge in [0.15, 0.2) is 24.0 Å². The highest BCUT2D eigenvalue weighted by atomic mass is 16.9. The molecule has 1 aromatic carbocycles. The second kappa shape index (κ2) is 6.25. The summed E-state index contributed by atoms with van der Waals surface area (Å²) in [5, 5.41) is 2.94. The Kier molecular flexibility index (Phi) is 4.36. The van der Waals surface area contributed by atoms with Crippen LogP contribution < -0.4 is 5.32 Å². The van der Waals surface area contributed by atoms with E-state index in [0.29, 0.717) is 0 Å². The number of amides is 1. The summed E-state index contributed by atoms with van der Waals surface area (Å²) in [5.74, 6) is -1.93. The molecule has 0 unspecified atom stereocenters. The fraction of sp³-hybridized carbons (Fsp3) is 0.650. The fourth-order valence-corrected chi connectivity index (χ4v) is 4.08. The van der Waals surface area contributed by atoms with E-state index in [1.54, 1.807) is 0 Å². The number of hydrogen-bond acceptors (Lipinski definition) is 6. The number of anilines is 1. The molecule has 0 aliphatic carbocycles. The molecule has 3 aliphatic rings. The minimum absolute atomic E-state index is 0.289. The predicted octanol–water partition coefficient (Wildman–Crippen LogP) is 2.64. The Morgan fingerprint density at radius 3 is 2.07 bits per heavy atom. The first-order chi connectivity index (χ1) is 12.5. The highest BCUT2D eigenvalue weighted by Gasteiger charge is 2.62. The molecule has 1 aromatic rings. The molecular formula is C20H27NO6. The van der Waals surface area contributed by atoms with Crippen LogP contribution >= 0.6 is 0 Å². The first kappa shape index (κ1) is 18.8. The molecule has 4 rings (SSSR count). The third-order valence-electron chi connectivity index (χ3n) is 4.90. The van der Waals surface area contributed by atoms with Crippen molar-refractivity contribution in [1.82, 2.24) is 0 Å². The Labute approximate surface area is 159 Å². The SMILES string of the molecule is Cc1cc(C)cc(NC(=O)[C@@H]2O[C@H]3OC(C)(C)O[C@@H]3[C@@H]3OC(C)(C)O[C@@H]32)c1. The van der Waals surface area contributed by atoms with E-state index in [2.05, 4.69) is 11.4 Å². The molecule has 27 heavy (non-hydrogen) atoms. The van der Waals surface area contributed by atoms with Crippen LogP contribution in [0.4, 0.5) is 5.69 Å². The molecule has 0 bridgehead atoms. The number of hydrogen-bond donors (Lipinski definition) is 1. The minimum atomic E-state index is -0.864. The Bertz CT molecular complexity index is 741. The van der Waals surface area contributed by atoms with E-state index < -0.39 is 42.3 Å². The van der Waals surface area contributed by atoms with Gasteiger partial charge in [-0.1, -0.05) is 6.07 Å². The first-order valence-corrected chi connectivity index (χ1v) is 9.29.